The third-order valence-electron chi connectivity index (χ3n) is 4.05. The predicted octanol–water partition coefficient (Wildman–Crippen LogP) is 5.20. The minimum Gasteiger partial charge on any atom is -0.507 e. The lowest BCUT2D eigenvalue weighted by Gasteiger charge is -2.12. The van der Waals surface area contributed by atoms with Crippen LogP contribution in [0, 0.1) is 0 Å². The highest BCUT2D eigenvalue weighted by Gasteiger charge is 2.13. The summed E-state index contributed by atoms with van der Waals surface area (Å²) in [4.78, 5) is 14.7. The van der Waals surface area contributed by atoms with Crippen LogP contribution < -0.4 is 5.48 Å². The van der Waals surface area contributed by atoms with Crippen molar-refractivity contribution in [2.24, 2.45) is 0 Å². The second-order valence-corrected chi connectivity index (χ2v) is 6.39. The van der Waals surface area contributed by atoms with Gasteiger partial charge in [-0.15, -0.1) is 0 Å². The first-order valence-corrected chi connectivity index (χ1v) is 8.76. The molecule has 0 saturated carbocycles. The van der Waals surface area contributed by atoms with Gasteiger partial charge in [-0.3, -0.25) is 4.84 Å². The molecule has 134 valence electrons. The van der Waals surface area contributed by atoms with Crippen molar-refractivity contribution in [2.45, 2.75) is 6.61 Å². The van der Waals surface area contributed by atoms with Crippen LogP contribution in [-0.2, 0) is 11.4 Å². The van der Waals surface area contributed by atoms with E-state index in [0.29, 0.717) is 34.4 Å². The van der Waals surface area contributed by atoms with Crippen molar-refractivity contribution in [3.05, 3.63) is 83.4 Å². The summed E-state index contributed by atoms with van der Waals surface area (Å²) in [5, 5.41) is 11.5. The molecule has 0 spiro atoms. The van der Waals surface area contributed by atoms with Crippen molar-refractivity contribution < 1.29 is 9.94 Å². The fraction of sp³-hybridized carbons (Fsp3) is 0.0476. The normalized spacial score (nSPS) is 10.9. The number of aromatic hydroxyl groups is 1. The number of hydrogen-bond donors (Lipinski definition) is 2. The average Bonchev–Trinajstić information content (AvgIpc) is 2.69. The van der Waals surface area contributed by atoms with Crippen LogP contribution in [0.25, 0.3) is 22.3 Å². The maximum absolute atomic E-state index is 10.1. The van der Waals surface area contributed by atoms with Gasteiger partial charge in [-0.2, -0.15) is 0 Å². The third kappa shape index (κ3) is 3.84. The van der Waals surface area contributed by atoms with Gasteiger partial charge in [0.05, 0.1) is 17.7 Å². The van der Waals surface area contributed by atoms with Crippen LogP contribution in [-0.4, -0.2) is 15.1 Å². The monoisotopic (exact) mass is 377 g/mol. The fourth-order valence-corrected chi connectivity index (χ4v) is 2.90. The Morgan fingerprint density at radius 1 is 0.926 bits per heavy atom. The molecule has 6 heteroatoms. The first-order chi connectivity index (χ1) is 13.2. The number of phenols is 1. The summed E-state index contributed by atoms with van der Waals surface area (Å²) >= 11 is 6.14. The molecule has 5 nitrogen and oxygen atoms in total. The molecule has 27 heavy (non-hydrogen) atoms. The molecule has 0 fully saturated rings. The number of nitrogens with one attached hydrogen (secondary N) is 1. The Morgan fingerprint density at radius 2 is 1.70 bits per heavy atom. The van der Waals surface area contributed by atoms with Crippen molar-refractivity contribution in [3.8, 4) is 17.1 Å². The number of fused-ring (bicyclic) bond motifs is 1. The Hall–Kier alpha value is -3.15. The van der Waals surface area contributed by atoms with Crippen LogP contribution in [0.15, 0.2) is 72.8 Å². The number of rotatable bonds is 5. The van der Waals surface area contributed by atoms with Gasteiger partial charge in [0.15, 0.2) is 11.6 Å². The molecule has 2 N–H and O–H groups in total. The lowest BCUT2D eigenvalue weighted by atomic mass is 10.1. The number of benzene rings is 3. The Labute approximate surface area is 161 Å². The van der Waals surface area contributed by atoms with Gasteiger partial charge >= 0.3 is 0 Å². The highest BCUT2D eigenvalue weighted by Crippen LogP contribution is 2.31. The van der Waals surface area contributed by atoms with E-state index in [0.717, 1.165) is 10.9 Å². The summed E-state index contributed by atoms with van der Waals surface area (Å²) in [6, 6.07) is 22.1. The number of phenolic OH excluding ortho intramolecular Hbond substituents is 1. The van der Waals surface area contributed by atoms with Crippen molar-refractivity contribution in [1.82, 2.24) is 9.97 Å². The van der Waals surface area contributed by atoms with Gasteiger partial charge in [-0.05, 0) is 35.9 Å². The molecular weight excluding hydrogens is 362 g/mol. The van der Waals surface area contributed by atoms with Gasteiger partial charge in [-0.25, -0.2) is 15.4 Å². The number of hydrogen-bond acceptors (Lipinski definition) is 5. The SMILES string of the molecule is Oc1ccccc1-c1nc(NOCc2ccccc2)c2cc(Cl)ccc2n1. The molecule has 0 radical (unpaired) electrons. The minimum absolute atomic E-state index is 0.113. The maximum Gasteiger partial charge on any atom is 0.165 e. The van der Waals surface area contributed by atoms with Crippen LogP contribution in [0.1, 0.15) is 5.56 Å². The number of nitrogens with zero attached hydrogens (tertiary/aromatic N) is 2. The van der Waals surface area contributed by atoms with E-state index in [1.54, 1.807) is 30.3 Å². The number of anilines is 1. The van der Waals surface area contributed by atoms with E-state index in [9.17, 15) is 5.11 Å². The molecule has 3 aromatic carbocycles. The third-order valence-corrected chi connectivity index (χ3v) is 4.29. The molecule has 0 amide bonds. The largest absolute Gasteiger partial charge is 0.507 e. The minimum atomic E-state index is 0.113. The second kappa shape index (κ2) is 7.61. The molecule has 1 aromatic heterocycles. The molecule has 0 unspecified atom stereocenters. The maximum atomic E-state index is 10.1. The van der Waals surface area contributed by atoms with E-state index < -0.39 is 0 Å². The molecule has 0 aliphatic heterocycles. The molecule has 0 aliphatic rings. The van der Waals surface area contributed by atoms with Crippen molar-refractivity contribution >= 4 is 28.3 Å². The molecule has 4 rings (SSSR count). The van der Waals surface area contributed by atoms with Crippen LogP contribution in [0.3, 0.4) is 0 Å². The standard InChI is InChI=1S/C21H16ClN3O2/c22-15-10-11-18-17(12-15)21(25-27-13-14-6-2-1-3-7-14)24-20(23-18)16-8-4-5-9-19(16)26/h1-12,26H,13H2,(H,23,24,25). The predicted molar refractivity (Wildman–Crippen MR) is 107 cm³/mol. The zero-order chi connectivity index (χ0) is 18.6. The average molecular weight is 378 g/mol. The van der Waals surface area contributed by atoms with E-state index in [1.807, 2.05) is 42.5 Å². The molecule has 0 aliphatic carbocycles. The molecule has 4 aromatic rings. The van der Waals surface area contributed by atoms with Gasteiger partial charge in [0.2, 0.25) is 0 Å². The summed E-state index contributed by atoms with van der Waals surface area (Å²) in [6.07, 6.45) is 0. The summed E-state index contributed by atoms with van der Waals surface area (Å²) in [6.45, 7) is 0.374. The van der Waals surface area contributed by atoms with E-state index in [1.165, 1.54) is 0 Å². The first kappa shape index (κ1) is 17.3. The Kier molecular flexibility index (Phi) is 4.87. The Bertz CT molecular complexity index is 1090. The quantitative estimate of drug-likeness (QED) is 0.468. The van der Waals surface area contributed by atoms with Crippen molar-refractivity contribution in [2.75, 3.05) is 5.48 Å². The molecule has 0 bridgehead atoms. The van der Waals surface area contributed by atoms with Crippen LogP contribution >= 0.6 is 11.6 Å². The van der Waals surface area contributed by atoms with Crippen molar-refractivity contribution in [1.29, 1.82) is 0 Å². The number of halogens is 1. The van der Waals surface area contributed by atoms with E-state index in [2.05, 4.69) is 15.4 Å². The lowest BCUT2D eigenvalue weighted by Crippen LogP contribution is -2.05. The van der Waals surface area contributed by atoms with E-state index in [4.69, 9.17) is 16.4 Å². The smallest absolute Gasteiger partial charge is 0.165 e. The lowest BCUT2D eigenvalue weighted by molar-refractivity contribution is 0.179. The molecule has 1 heterocycles. The second-order valence-electron chi connectivity index (χ2n) is 5.95. The topological polar surface area (TPSA) is 67.3 Å². The highest BCUT2D eigenvalue weighted by atomic mass is 35.5. The zero-order valence-electron chi connectivity index (χ0n) is 14.3. The van der Waals surface area contributed by atoms with E-state index in [-0.39, 0.29) is 5.75 Å². The van der Waals surface area contributed by atoms with Gasteiger partial charge in [0, 0.05) is 10.4 Å². The van der Waals surface area contributed by atoms with Gasteiger partial charge in [0.25, 0.3) is 0 Å². The van der Waals surface area contributed by atoms with Gasteiger partial charge in [-0.1, -0.05) is 54.1 Å². The molecule has 0 atom stereocenters. The van der Waals surface area contributed by atoms with Gasteiger partial charge in [0.1, 0.15) is 5.75 Å². The van der Waals surface area contributed by atoms with E-state index >= 15 is 0 Å². The van der Waals surface area contributed by atoms with Crippen LogP contribution in [0.4, 0.5) is 5.82 Å². The first-order valence-electron chi connectivity index (χ1n) is 8.38. The summed E-state index contributed by atoms with van der Waals surface area (Å²) in [5.41, 5.74) is 5.17. The van der Waals surface area contributed by atoms with Gasteiger partial charge < -0.3 is 5.11 Å². The number of aromatic nitrogens is 2. The van der Waals surface area contributed by atoms with Crippen LogP contribution in [0.5, 0.6) is 5.75 Å². The zero-order valence-corrected chi connectivity index (χ0v) is 15.0. The Balaban J connectivity index is 1.70. The number of para-hydroxylation sites is 1. The fourth-order valence-electron chi connectivity index (χ4n) is 2.72. The summed E-state index contributed by atoms with van der Waals surface area (Å²) in [5.74, 6) is 0.993. The summed E-state index contributed by atoms with van der Waals surface area (Å²) < 4.78 is 0. The van der Waals surface area contributed by atoms with Crippen LogP contribution in [0.2, 0.25) is 5.02 Å². The molecular formula is C21H16ClN3O2. The summed E-state index contributed by atoms with van der Waals surface area (Å²) in [7, 11) is 0. The van der Waals surface area contributed by atoms with Crippen molar-refractivity contribution in [3.63, 3.8) is 0 Å². The highest BCUT2D eigenvalue weighted by molar-refractivity contribution is 6.31. The molecule has 0 saturated heterocycles. The Morgan fingerprint density at radius 3 is 2.52 bits per heavy atom.